The van der Waals surface area contributed by atoms with E-state index in [-0.39, 0.29) is 12.4 Å². The number of ether oxygens (including phenoxy) is 2. The molecule has 0 heterocycles. The SMILES string of the molecule is C#Cc1cc(Cl)cc(COc2ccccc2CC(=O)OC(C)(C)C)c1. The lowest BCUT2D eigenvalue weighted by atomic mass is 10.1. The van der Waals surface area contributed by atoms with Crippen molar-refractivity contribution in [2.75, 3.05) is 0 Å². The van der Waals surface area contributed by atoms with Crippen LogP contribution in [-0.2, 0) is 22.6 Å². The Balaban J connectivity index is 2.10. The molecule has 0 atom stereocenters. The maximum absolute atomic E-state index is 12.1. The third-order valence-electron chi connectivity index (χ3n) is 3.25. The van der Waals surface area contributed by atoms with Crippen molar-refractivity contribution in [2.45, 2.75) is 39.4 Å². The number of para-hydroxylation sites is 1. The molecule has 0 spiro atoms. The number of rotatable bonds is 5. The second-order valence-electron chi connectivity index (χ2n) is 6.65. The maximum Gasteiger partial charge on any atom is 0.310 e. The summed E-state index contributed by atoms with van der Waals surface area (Å²) in [7, 11) is 0. The molecule has 0 aromatic heterocycles. The lowest BCUT2D eigenvalue weighted by Crippen LogP contribution is -2.25. The van der Waals surface area contributed by atoms with Gasteiger partial charge in [0.1, 0.15) is 18.0 Å². The molecule has 0 aliphatic rings. The standard InChI is InChI=1S/C21H21ClO3/c1-5-15-10-16(12-18(22)11-15)14-24-19-9-7-6-8-17(19)13-20(23)25-21(2,3)4/h1,6-12H,13-14H2,2-4H3. The number of halogens is 1. The van der Waals surface area contributed by atoms with E-state index in [0.29, 0.717) is 22.9 Å². The largest absolute Gasteiger partial charge is 0.489 e. The van der Waals surface area contributed by atoms with Gasteiger partial charge in [0.15, 0.2) is 0 Å². The summed E-state index contributed by atoms with van der Waals surface area (Å²) in [5.41, 5.74) is 1.83. The third-order valence-corrected chi connectivity index (χ3v) is 3.46. The smallest absolute Gasteiger partial charge is 0.310 e. The first-order chi connectivity index (χ1) is 11.8. The summed E-state index contributed by atoms with van der Waals surface area (Å²) in [6.45, 7) is 5.83. The van der Waals surface area contributed by atoms with E-state index in [2.05, 4.69) is 5.92 Å². The van der Waals surface area contributed by atoms with Gasteiger partial charge in [0.2, 0.25) is 0 Å². The van der Waals surface area contributed by atoms with Gasteiger partial charge in [0.25, 0.3) is 0 Å². The van der Waals surface area contributed by atoms with Gasteiger partial charge < -0.3 is 9.47 Å². The molecule has 2 aromatic rings. The number of esters is 1. The molecule has 0 bridgehead atoms. The second kappa shape index (κ2) is 8.09. The monoisotopic (exact) mass is 356 g/mol. The topological polar surface area (TPSA) is 35.5 Å². The molecule has 2 aromatic carbocycles. The minimum atomic E-state index is -0.515. The number of terminal acetylenes is 1. The van der Waals surface area contributed by atoms with Crippen molar-refractivity contribution in [3.63, 3.8) is 0 Å². The Hall–Kier alpha value is -2.44. The van der Waals surface area contributed by atoms with Gasteiger partial charge in [-0.15, -0.1) is 6.42 Å². The highest BCUT2D eigenvalue weighted by Crippen LogP contribution is 2.22. The van der Waals surface area contributed by atoms with E-state index in [1.54, 1.807) is 12.1 Å². The van der Waals surface area contributed by atoms with Crippen LogP contribution in [0.4, 0.5) is 0 Å². The van der Waals surface area contributed by atoms with Crippen molar-refractivity contribution in [2.24, 2.45) is 0 Å². The predicted molar refractivity (Wildman–Crippen MR) is 99.7 cm³/mol. The fourth-order valence-electron chi connectivity index (χ4n) is 2.30. The first kappa shape index (κ1) is 18.9. The van der Waals surface area contributed by atoms with Gasteiger partial charge in [-0.25, -0.2) is 0 Å². The van der Waals surface area contributed by atoms with Crippen molar-refractivity contribution in [1.82, 2.24) is 0 Å². The highest BCUT2D eigenvalue weighted by Gasteiger charge is 2.18. The Kier molecular flexibility index (Phi) is 6.12. The van der Waals surface area contributed by atoms with Crippen molar-refractivity contribution >= 4 is 17.6 Å². The highest BCUT2D eigenvalue weighted by molar-refractivity contribution is 6.30. The first-order valence-electron chi connectivity index (χ1n) is 7.95. The van der Waals surface area contributed by atoms with Crippen LogP contribution in [0.5, 0.6) is 5.75 Å². The van der Waals surface area contributed by atoms with Crippen molar-refractivity contribution in [1.29, 1.82) is 0 Å². The molecule has 0 amide bonds. The Labute approximate surface area is 153 Å². The number of carbonyl (C=O) groups excluding carboxylic acids is 1. The van der Waals surface area contributed by atoms with Crippen LogP contribution < -0.4 is 4.74 Å². The average molecular weight is 357 g/mol. The fourth-order valence-corrected chi connectivity index (χ4v) is 2.56. The summed E-state index contributed by atoms with van der Waals surface area (Å²) in [6, 6.07) is 12.8. The van der Waals surface area contributed by atoms with E-state index >= 15 is 0 Å². The fraction of sp³-hybridized carbons (Fsp3) is 0.286. The van der Waals surface area contributed by atoms with E-state index in [1.165, 1.54) is 0 Å². The molecule has 2 rings (SSSR count). The highest BCUT2D eigenvalue weighted by atomic mass is 35.5. The van der Waals surface area contributed by atoms with Gasteiger partial charge in [-0.05, 0) is 50.6 Å². The minimum absolute atomic E-state index is 0.151. The Morgan fingerprint density at radius 2 is 1.92 bits per heavy atom. The van der Waals surface area contributed by atoms with Crippen molar-refractivity contribution in [3.05, 3.63) is 64.2 Å². The van der Waals surface area contributed by atoms with Gasteiger partial charge in [0, 0.05) is 16.1 Å². The number of carbonyl (C=O) groups is 1. The van der Waals surface area contributed by atoms with E-state index < -0.39 is 5.60 Å². The molecule has 0 aliphatic carbocycles. The van der Waals surface area contributed by atoms with E-state index in [4.69, 9.17) is 27.5 Å². The first-order valence-corrected chi connectivity index (χ1v) is 8.33. The molecule has 0 aliphatic heterocycles. The lowest BCUT2D eigenvalue weighted by Gasteiger charge is -2.20. The summed E-state index contributed by atoms with van der Waals surface area (Å²) in [6.07, 6.45) is 5.57. The zero-order chi connectivity index (χ0) is 18.4. The van der Waals surface area contributed by atoms with Crippen molar-refractivity contribution in [3.8, 4) is 18.1 Å². The van der Waals surface area contributed by atoms with E-state index in [1.807, 2.05) is 51.1 Å². The van der Waals surface area contributed by atoms with Gasteiger partial charge in [0.05, 0.1) is 6.42 Å². The molecule has 130 valence electrons. The molecule has 0 saturated carbocycles. The maximum atomic E-state index is 12.1. The quantitative estimate of drug-likeness (QED) is 0.571. The van der Waals surface area contributed by atoms with Crippen LogP contribution in [0.15, 0.2) is 42.5 Å². The van der Waals surface area contributed by atoms with Crippen molar-refractivity contribution < 1.29 is 14.3 Å². The van der Waals surface area contributed by atoms with Crippen LogP contribution in [0.25, 0.3) is 0 Å². The average Bonchev–Trinajstić information content (AvgIpc) is 2.51. The summed E-state index contributed by atoms with van der Waals surface area (Å²) in [4.78, 5) is 12.1. The lowest BCUT2D eigenvalue weighted by molar-refractivity contribution is -0.153. The molecule has 4 heteroatoms. The summed E-state index contributed by atoms with van der Waals surface area (Å²) >= 11 is 6.06. The zero-order valence-corrected chi connectivity index (χ0v) is 15.4. The van der Waals surface area contributed by atoms with Gasteiger partial charge in [-0.2, -0.15) is 0 Å². The van der Waals surface area contributed by atoms with Gasteiger partial charge in [-0.1, -0.05) is 35.7 Å². The third kappa shape index (κ3) is 6.17. The Morgan fingerprint density at radius 3 is 2.60 bits per heavy atom. The summed E-state index contributed by atoms with van der Waals surface area (Å²) < 4.78 is 11.2. The molecule has 0 fully saturated rings. The molecule has 0 unspecified atom stereocenters. The number of benzene rings is 2. The van der Waals surface area contributed by atoms with Crippen LogP contribution in [0.1, 0.15) is 37.5 Å². The van der Waals surface area contributed by atoms with E-state index in [9.17, 15) is 4.79 Å². The van der Waals surface area contributed by atoms with Crippen LogP contribution in [0.3, 0.4) is 0 Å². The van der Waals surface area contributed by atoms with Crippen LogP contribution in [0.2, 0.25) is 5.02 Å². The Morgan fingerprint density at radius 1 is 1.20 bits per heavy atom. The van der Waals surface area contributed by atoms with Gasteiger partial charge in [-0.3, -0.25) is 4.79 Å². The molecule has 25 heavy (non-hydrogen) atoms. The second-order valence-corrected chi connectivity index (χ2v) is 7.09. The Bertz CT molecular complexity index is 798. The molecule has 0 N–H and O–H groups in total. The van der Waals surface area contributed by atoms with Crippen LogP contribution >= 0.6 is 11.6 Å². The van der Waals surface area contributed by atoms with Crippen LogP contribution in [-0.4, -0.2) is 11.6 Å². The molecular formula is C21H21ClO3. The molecule has 0 saturated heterocycles. The molecular weight excluding hydrogens is 336 g/mol. The van der Waals surface area contributed by atoms with E-state index in [0.717, 1.165) is 11.1 Å². The van der Waals surface area contributed by atoms with Crippen LogP contribution in [0, 0.1) is 12.3 Å². The minimum Gasteiger partial charge on any atom is -0.489 e. The van der Waals surface area contributed by atoms with Gasteiger partial charge >= 0.3 is 5.97 Å². The number of hydrogen-bond donors (Lipinski definition) is 0. The summed E-state index contributed by atoms with van der Waals surface area (Å²) in [5, 5.41) is 0.566. The zero-order valence-electron chi connectivity index (χ0n) is 14.6. The molecule has 3 nitrogen and oxygen atoms in total. The predicted octanol–water partition coefficient (Wildman–Crippen LogP) is 4.78. The normalized spacial score (nSPS) is 10.8. The number of hydrogen-bond acceptors (Lipinski definition) is 3. The molecule has 0 radical (unpaired) electrons. The summed E-state index contributed by atoms with van der Waals surface area (Å²) in [5.74, 6) is 2.91.